The second kappa shape index (κ2) is 21.3. The highest BCUT2D eigenvalue weighted by molar-refractivity contribution is 5.29. The van der Waals surface area contributed by atoms with Crippen molar-refractivity contribution in [2.75, 3.05) is 26.4 Å². The Kier molecular flexibility index (Phi) is 16.2. The Morgan fingerprint density at radius 3 is 1.81 bits per heavy atom. The largest absolute Gasteiger partial charge is 0.394 e. The molecular weight excluding hydrogens is 997 g/mol. The Morgan fingerprint density at radius 1 is 0.573 bits per heavy atom. The molecular formula is C51H82O24. The summed E-state index contributed by atoms with van der Waals surface area (Å²) in [6, 6.07) is 0. The molecule has 0 aromatic carbocycles. The first-order valence-electron chi connectivity index (χ1n) is 27.0. The number of ether oxygens (including phenoxy) is 10. The van der Waals surface area contributed by atoms with Gasteiger partial charge in [-0.25, -0.2) is 0 Å². The number of aliphatic hydroxyl groups is 14. The zero-order valence-corrected chi connectivity index (χ0v) is 43.1. The summed E-state index contributed by atoms with van der Waals surface area (Å²) in [6.45, 7) is 8.06. The molecule has 0 aromatic heterocycles. The molecule has 4 aliphatic carbocycles. The molecule has 3 saturated carbocycles. The van der Waals surface area contributed by atoms with Gasteiger partial charge in [-0.2, -0.15) is 0 Å². The quantitative estimate of drug-likeness (QED) is 0.0832. The molecule has 24 nitrogen and oxygen atoms in total. The molecule has 430 valence electrons. The van der Waals surface area contributed by atoms with Crippen LogP contribution in [-0.4, -0.2) is 250 Å². The van der Waals surface area contributed by atoms with Crippen molar-refractivity contribution in [2.45, 2.75) is 239 Å². The summed E-state index contributed by atoms with van der Waals surface area (Å²) < 4.78 is 61.8. The molecule has 6 aliphatic heterocycles. The van der Waals surface area contributed by atoms with E-state index >= 15 is 0 Å². The van der Waals surface area contributed by atoms with Crippen molar-refractivity contribution in [3.63, 3.8) is 0 Å². The summed E-state index contributed by atoms with van der Waals surface area (Å²) in [5.74, 6) is -0.576. The van der Waals surface area contributed by atoms with Crippen molar-refractivity contribution in [2.24, 2.45) is 40.4 Å². The van der Waals surface area contributed by atoms with Crippen LogP contribution in [0.4, 0.5) is 0 Å². The van der Waals surface area contributed by atoms with E-state index in [1.165, 1.54) is 6.92 Å². The normalized spacial score (nSPS) is 57.8. The average molecular weight is 1080 g/mol. The summed E-state index contributed by atoms with van der Waals surface area (Å²) in [5.41, 5.74) is -0.319. The van der Waals surface area contributed by atoms with Crippen molar-refractivity contribution < 1.29 is 119 Å². The van der Waals surface area contributed by atoms with Crippen LogP contribution in [-0.2, 0) is 47.4 Å². The van der Waals surface area contributed by atoms with E-state index in [1.54, 1.807) is 0 Å². The van der Waals surface area contributed by atoms with E-state index in [2.05, 4.69) is 20.8 Å². The first-order chi connectivity index (χ1) is 35.4. The molecule has 32 atom stereocenters. The number of hydrogen-bond donors (Lipinski definition) is 14. The average Bonchev–Trinajstić information content (AvgIpc) is 4.00. The highest BCUT2D eigenvalue weighted by Crippen LogP contribution is 2.71. The maximum Gasteiger partial charge on any atom is 0.187 e. The molecule has 0 aromatic rings. The molecule has 6 heterocycles. The van der Waals surface area contributed by atoms with Gasteiger partial charge in [-0.1, -0.05) is 32.4 Å². The number of fused-ring (bicyclic) bond motifs is 7. The third-order valence-electron chi connectivity index (χ3n) is 19.9. The summed E-state index contributed by atoms with van der Waals surface area (Å²) in [4.78, 5) is 0. The lowest BCUT2D eigenvalue weighted by atomic mass is 9.46. The van der Waals surface area contributed by atoms with Crippen molar-refractivity contribution in [3.8, 4) is 0 Å². The molecule has 24 heteroatoms. The first-order valence-corrected chi connectivity index (χ1v) is 27.0. The van der Waals surface area contributed by atoms with Gasteiger partial charge in [0.25, 0.3) is 0 Å². The van der Waals surface area contributed by atoms with Crippen LogP contribution in [0, 0.1) is 40.4 Å². The predicted molar refractivity (Wildman–Crippen MR) is 250 cm³/mol. The van der Waals surface area contributed by atoms with Gasteiger partial charge in [0.2, 0.25) is 0 Å². The van der Waals surface area contributed by atoms with E-state index in [0.717, 1.165) is 24.8 Å². The minimum absolute atomic E-state index is 0.00461. The highest BCUT2D eigenvalue weighted by atomic mass is 16.8. The molecule has 9 fully saturated rings. The molecule has 0 radical (unpaired) electrons. The van der Waals surface area contributed by atoms with Crippen LogP contribution in [0.1, 0.15) is 86.0 Å². The maximum absolute atomic E-state index is 12.3. The third kappa shape index (κ3) is 9.61. The lowest BCUT2D eigenvalue weighted by molar-refractivity contribution is -0.389. The van der Waals surface area contributed by atoms with E-state index < -0.39 is 166 Å². The van der Waals surface area contributed by atoms with E-state index in [9.17, 15) is 71.5 Å². The lowest BCUT2D eigenvalue weighted by Gasteiger charge is -2.59. The Hall–Kier alpha value is -1.22. The van der Waals surface area contributed by atoms with Crippen LogP contribution < -0.4 is 0 Å². The minimum Gasteiger partial charge on any atom is -0.394 e. The Morgan fingerprint density at radius 2 is 1.16 bits per heavy atom. The fourth-order valence-corrected chi connectivity index (χ4v) is 15.6. The molecule has 0 amide bonds. The molecule has 10 rings (SSSR count). The van der Waals surface area contributed by atoms with Crippen LogP contribution in [0.5, 0.6) is 0 Å². The monoisotopic (exact) mass is 1080 g/mol. The van der Waals surface area contributed by atoms with E-state index in [1.807, 2.05) is 13.0 Å². The third-order valence-corrected chi connectivity index (χ3v) is 19.9. The van der Waals surface area contributed by atoms with Crippen molar-refractivity contribution >= 4 is 0 Å². The second-order valence-electron chi connectivity index (χ2n) is 24.3. The summed E-state index contributed by atoms with van der Waals surface area (Å²) >= 11 is 0. The highest BCUT2D eigenvalue weighted by Gasteiger charge is 2.71. The first kappa shape index (κ1) is 57.0. The Labute approximate surface area is 434 Å². The summed E-state index contributed by atoms with van der Waals surface area (Å²) in [6.07, 6.45) is -25.2. The Balaban J connectivity index is 0.824. The van der Waals surface area contributed by atoms with E-state index in [0.29, 0.717) is 32.1 Å². The smallest absolute Gasteiger partial charge is 0.187 e. The van der Waals surface area contributed by atoms with Gasteiger partial charge in [0.05, 0.1) is 56.4 Å². The van der Waals surface area contributed by atoms with Crippen LogP contribution in [0.15, 0.2) is 11.6 Å². The molecule has 1 spiro atoms. The van der Waals surface area contributed by atoms with Crippen LogP contribution in [0.25, 0.3) is 0 Å². The van der Waals surface area contributed by atoms with Crippen molar-refractivity contribution in [3.05, 3.63) is 11.6 Å². The van der Waals surface area contributed by atoms with Gasteiger partial charge in [-0.3, -0.25) is 0 Å². The van der Waals surface area contributed by atoms with Gasteiger partial charge in [-0.15, -0.1) is 0 Å². The molecule has 10 aliphatic rings. The van der Waals surface area contributed by atoms with Gasteiger partial charge in [-0.05, 0) is 93.3 Å². The zero-order valence-electron chi connectivity index (χ0n) is 43.1. The fraction of sp³-hybridized carbons (Fsp3) is 0.961. The Bertz CT molecular complexity index is 2020. The maximum atomic E-state index is 12.3. The van der Waals surface area contributed by atoms with Crippen LogP contribution >= 0.6 is 0 Å². The zero-order chi connectivity index (χ0) is 54.0. The van der Waals surface area contributed by atoms with E-state index in [4.69, 9.17) is 47.4 Å². The van der Waals surface area contributed by atoms with E-state index in [-0.39, 0.29) is 53.1 Å². The molecule has 0 bridgehead atoms. The molecule has 0 unspecified atom stereocenters. The molecule has 14 N–H and O–H groups in total. The SMILES string of the molecule is C[C@@H]1O[C@@H](O[C@H]2[C@H](O[C@H]3CC[C@@]4(C)C(=C[C@H](O)[C@H]5[C@@H]6C[C@@H]7O[C@]8(CC[C@@](C)(CO[C@@H]9O[C@H](CO)[C@@H](O)[C@H](O)[C@H]9O)O8)[C@@H](C)[C@@H]7[C@@]6(C)CC[C@@H]54)C3)O[C@H](CO)[C@H](O[C@@H]3O[C@H](CO)[C@@H](O)[C@H](O)[C@H]3O)[C@@H]2O)[C@H](O)[C@H](O)[C@H]1O. The lowest BCUT2D eigenvalue weighted by Crippen LogP contribution is -2.67. The topological polar surface area (TPSA) is 376 Å². The molecule has 6 saturated heterocycles. The van der Waals surface area contributed by atoms with Gasteiger partial charge >= 0.3 is 0 Å². The summed E-state index contributed by atoms with van der Waals surface area (Å²) in [7, 11) is 0. The van der Waals surface area contributed by atoms with Gasteiger partial charge in [0, 0.05) is 12.3 Å². The van der Waals surface area contributed by atoms with Crippen LogP contribution in [0.3, 0.4) is 0 Å². The number of rotatable bonds is 12. The van der Waals surface area contributed by atoms with Crippen LogP contribution in [0.2, 0.25) is 0 Å². The predicted octanol–water partition coefficient (Wildman–Crippen LogP) is -3.88. The number of hydrogen-bond acceptors (Lipinski definition) is 24. The van der Waals surface area contributed by atoms with Crippen molar-refractivity contribution in [1.29, 1.82) is 0 Å². The minimum atomic E-state index is -1.87. The van der Waals surface area contributed by atoms with Crippen molar-refractivity contribution in [1.82, 2.24) is 0 Å². The second-order valence-corrected chi connectivity index (χ2v) is 24.3. The van der Waals surface area contributed by atoms with Gasteiger partial charge < -0.3 is 119 Å². The standard InChI is InChI=1S/C51H82O24/c1-19-31-26(74-51(19)11-10-48(3,75-51)18-66-44-38(62)36(60)33(57)27(15-52)69-44)14-24-30-23(7-9-50(24,31)5)49(4)8-6-22(12-21(49)13-25(30)55)68-47-43(73-45-39(63)35(59)32(56)20(2)67-45)41(65)42(29(17-54)71-47)72-46-40(64)37(61)34(58)28(16-53)70-46/h13,19-20,22-47,52-65H,6-12,14-18H2,1-5H3/t19-,20-,22-,23-,24-,25-,26-,27+,28+,29+,30+,31-,32-,33+,34+,35+,36-,37-,38+,39+,40+,41-,42-,43+,44+,45-,46-,47+,48-,49-,50-,51-/m0/s1. The fourth-order valence-electron chi connectivity index (χ4n) is 15.6. The summed E-state index contributed by atoms with van der Waals surface area (Å²) in [5, 5.41) is 149. The number of aliphatic hydroxyl groups excluding tert-OH is 14. The van der Waals surface area contributed by atoms with Gasteiger partial charge in [0.15, 0.2) is 30.9 Å². The van der Waals surface area contributed by atoms with Gasteiger partial charge in [0.1, 0.15) is 91.6 Å². The molecule has 75 heavy (non-hydrogen) atoms.